The molecule has 3 N–H and O–H groups in total. The minimum absolute atomic E-state index is 0.0641. The molecule has 1 aliphatic rings. The maximum absolute atomic E-state index is 13.6. The first-order chi connectivity index (χ1) is 9.08. The first-order valence-corrected chi connectivity index (χ1v) is 6.25. The molecule has 0 aromatic heterocycles. The monoisotopic (exact) mass is 268 g/mol. The Balaban J connectivity index is 1.98. The zero-order chi connectivity index (χ0) is 13.8. The molecule has 0 radical (unpaired) electrons. The van der Waals surface area contributed by atoms with Crippen LogP contribution in [0.2, 0.25) is 0 Å². The van der Waals surface area contributed by atoms with E-state index in [1.54, 1.807) is 0 Å². The average molecular weight is 268 g/mol. The van der Waals surface area contributed by atoms with Gasteiger partial charge in [-0.05, 0) is 32.0 Å². The van der Waals surface area contributed by atoms with Gasteiger partial charge in [0, 0.05) is 18.3 Å². The van der Waals surface area contributed by atoms with Gasteiger partial charge in [-0.3, -0.25) is 4.90 Å². The Kier molecular flexibility index (Phi) is 4.21. The predicted octanol–water partition coefficient (Wildman–Crippen LogP) is 1.58. The lowest BCUT2D eigenvalue weighted by atomic mass is 10.1. The first kappa shape index (κ1) is 13.6. The van der Waals surface area contributed by atoms with E-state index in [4.69, 9.17) is 15.6 Å². The van der Waals surface area contributed by atoms with E-state index in [0.29, 0.717) is 13.2 Å². The lowest BCUT2D eigenvalue weighted by Crippen LogP contribution is -2.25. The number of anilines is 1. The maximum Gasteiger partial charge on any atom is 0.337 e. The van der Waals surface area contributed by atoms with Gasteiger partial charge in [-0.1, -0.05) is 0 Å². The van der Waals surface area contributed by atoms with Gasteiger partial charge in [-0.15, -0.1) is 0 Å². The molecule has 104 valence electrons. The van der Waals surface area contributed by atoms with Crippen molar-refractivity contribution < 1.29 is 19.0 Å². The summed E-state index contributed by atoms with van der Waals surface area (Å²) < 4.78 is 18.9. The van der Waals surface area contributed by atoms with E-state index in [1.807, 2.05) is 0 Å². The van der Waals surface area contributed by atoms with Crippen LogP contribution in [0.3, 0.4) is 0 Å². The summed E-state index contributed by atoms with van der Waals surface area (Å²) in [6, 6.07) is 2.12. The van der Waals surface area contributed by atoms with E-state index in [-0.39, 0.29) is 17.0 Å². The van der Waals surface area contributed by atoms with Crippen molar-refractivity contribution in [1.82, 2.24) is 4.90 Å². The van der Waals surface area contributed by atoms with Gasteiger partial charge in [-0.2, -0.15) is 0 Å². The molecule has 19 heavy (non-hydrogen) atoms. The van der Waals surface area contributed by atoms with Gasteiger partial charge in [0.05, 0.1) is 5.56 Å². The molecular weight excluding hydrogens is 251 g/mol. The Bertz CT molecular complexity index is 473. The van der Waals surface area contributed by atoms with Crippen LogP contribution in [0.5, 0.6) is 5.75 Å². The molecule has 2 rings (SSSR count). The third-order valence-electron chi connectivity index (χ3n) is 3.20. The average Bonchev–Trinajstić information content (AvgIpc) is 2.84. The number of nitrogen functional groups attached to an aromatic ring is 1. The third-order valence-corrected chi connectivity index (χ3v) is 3.20. The molecular formula is C13H17FN2O3. The first-order valence-electron chi connectivity index (χ1n) is 6.25. The number of nitrogens with two attached hydrogens (primary N) is 1. The Morgan fingerprint density at radius 1 is 1.42 bits per heavy atom. The number of ether oxygens (including phenoxy) is 1. The molecule has 1 aliphatic heterocycles. The Morgan fingerprint density at radius 2 is 2.11 bits per heavy atom. The second-order valence-electron chi connectivity index (χ2n) is 4.57. The van der Waals surface area contributed by atoms with Crippen molar-refractivity contribution in [2.75, 3.05) is 32.0 Å². The second kappa shape index (κ2) is 5.88. The van der Waals surface area contributed by atoms with Gasteiger partial charge in [0.15, 0.2) is 11.6 Å². The number of likely N-dealkylation sites (tertiary alicyclic amines) is 1. The van der Waals surface area contributed by atoms with Gasteiger partial charge in [0.1, 0.15) is 6.61 Å². The highest BCUT2D eigenvalue weighted by Crippen LogP contribution is 2.24. The number of hydrogen-bond acceptors (Lipinski definition) is 4. The maximum atomic E-state index is 13.6. The molecule has 0 saturated carbocycles. The largest absolute Gasteiger partial charge is 0.489 e. The summed E-state index contributed by atoms with van der Waals surface area (Å²) in [5.74, 6) is -1.89. The minimum atomic E-state index is -1.19. The summed E-state index contributed by atoms with van der Waals surface area (Å²) in [6.45, 7) is 3.12. The summed E-state index contributed by atoms with van der Waals surface area (Å²) in [7, 11) is 0. The van der Waals surface area contributed by atoms with Gasteiger partial charge >= 0.3 is 5.97 Å². The highest BCUT2D eigenvalue weighted by atomic mass is 19.1. The molecule has 6 heteroatoms. The predicted molar refractivity (Wildman–Crippen MR) is 68.9 cm³/mol. The topological polar surface area (TPSA) is 75.8 Å². The zero-order valence-electron chi connectivity index (χ0n) is 10.6. The molecule has 1 fully saturated rings. The molecule has 0 atom stereocenters. The van der Waals surface area contributed by atoms with Crippen LogP contribution in [-0.2, 0) is 0 Å². The molecule has 0 amide bonds. The number of rotatable bonds is 5. The quantitative estimate of drug-likeness (QED) is 0.793. The number of halogens is 1. The fourth-order valence-corrected chi connectivity index (χ4v) is 2.16. The van der Waals surface area contributed by atoms with E-state index in [0.717, 1.165) is 25.2 Å². The lowest BCUT2D eigenvalue weighted by Gasteiger charge is -2.15. The van der Waals surface area contributed by atoms with E-state index >= 15 is 0 Å². The van der Waals surface area contributed by atoms with Crippen molar-refractivity contribution in [2.24, 2.45) is 0 Å². The number of benzene rings is 1. The van der Waals surface area contributed by atoms with Crippen LogP contribution in [0.25, 0.3) is 0 Å². The highest BCUT2D eigenvalue weighted by molar-refractivity contribution is 5.94. The van der Waals surface area contributed by atoms with Crippen molar-refractivity contribution in [3.05, 3.63) is 23.5 Å². The summed E-state index contributed by atoms with van der Waals surface area (Å²) in [5.41, 5.74) is 5.19. The SMILES string of the molecule is Nc1cc(F)c(OCCN2CCCC2)cc1C(=O)O. The number of carbonyl (C=O) groups is 1. The van der Waals surface area contributed by atoms with Crippen molar-refractivity contribution >= 4 is 11.7 Å². The fourth-order valence-electron chi connectivity index (χ4n) is 2.16. The summed E-state index contributed by atoms with van der Waals surface area (Å²) >= 11 is 0. The van der Waals surface area contributed by atoms with Gasteiger partial charge in [0.2, 0.25) is 0 Å². The number of hydrogen-bond donors (Lipinski definition) is 2. The molecule has 0 spiro atoms. The van der Waals surface area contributed by atoms with E-state index < -0.39 is 11.8 Å². The van der Waals surface area contributed by atoms with Gasteiger partial charge in [-0.25, -0.2) is 9.18 Å². The molecule has 1 heterocycles. The summed E-state index contributed by atoms with van der Waals surface area (Å²) in [5, 5.41) is 8.91. The van der Waals surface area contributed by atoms with Crippen molar-refractivity contribution in [3.63, 3.8) is 0 Å². The zero-order valence-corrected chi connectivity index (χ0v) is 10.6. The second-order valence-corrected chi connectivity index (χ2v) is 4.57. The van der Waals surface area contributed by atoms with E-state index in [9.17, 15) is 9.18 Å². The normalized spacial score (nSPS) is 15.6. The van der Waals surface area contributed by atoms with Crippen LogP contribution in [0.4, 0.5) is 10.1 Å². The number of nitrogens with zero attached hydrogens (tertiary/aromatic N) is 1. The van der Waals surface area contributed by atoms with Gasteiger partial charge < -0.3 is 15.6 Å². The number of carboxylic acids is 1. The van der Waals surface area contributed by atoms with Crippen molar-refractivity contribution in [1.29, 1.82) is 0 Å². The Hall–Kier alpha value is -1.82. The van der Waals surface area contributed by atoms with Gasteiger partial charge in [0.25, 0.3) is 0 Å². The van der Waals surface area contributed by atoms with E-state index in [1.165, 1.54) is 12.8 Å². The van der Waals surface area contributed by atoms with Crippen LogP contribution in [-0.4, -0.2) is 42.2 Å². The third kappa shape index (κ3) is 3.35. The van der Waals surface area contributed by atoms with E-state index in [2.05, 4.69) is 4.90 Å². The molecule has 1 aromatic carbocycles. The van der Waals surface area contributed by atoms with Crippen LogP contribution in [0, 0.1) is 5.82 Å². The van der Waals surface area contributed by atoms with Crippen LogP contribution in [0.1, 0.15) is 23.2 Å². The summed E-state index contributed by atoms with van der Waals surface area (Å²) in [6.07, 6.45) is 2.36. The summed E-state index contributed by atoms with van der Waals surface area (Å²) in [4.78, 5) is 13.1. The highest BCUT2D eigenvalue weighted by Gasteiger charge is 2.15. The number of aromatic carboxylic acids is 1. The smallest absolute Gasteiger partial charge is 0.337 e. The van der Waals surface area contributed by atoms with Crippen LogP contribution >= 0.6 is 0 Å². The van der Waals surface area contributed by atoms with Crippen molar-refractivity contribution in [2.45, 2.75) is 12.8 Å². The fraction of sp³-hybridized carbons (Fsp3) is 0.462. The molecule has 0 aliphatic carbocycles. The lowest BCUT2D eigenvalue weighted by molar-refractivity contribution is 0.0697. The molecule has 1 aromatic rings. The molecule has 0 unspecified atom stereocenters. The minimum Gasteiger partial charge on any atom is -0.489 e. The molecule has 0 bridgehead atoms. The molecule has 1 saturated heterocycles. The van der Waals surface area contributed by atoms with Crippen LogP contribution < -0.4 is 10.5 Å². The number of carboxylic acid groups (broad SMARTS) is 1. The molecule has 5 nitrogen and oxygen atoms in total. The van der Waals surface area contributed by atoms with Crippen LogP contribution in [0.15, 0.2) is 12.1 Å². The Morgan fingerprint density at radius 3 is 2.74 bits per heavy atom. The Labute approximate surface area is 110 Å². The van der Waals surface area contributed by atoms with Crippen molar-refractivity contribution in [3.8, 4) is 5.75 Å². The standard InChI is InChI=1S/C13H17FN2O3/c14-10-8-11(15)9(13(17)18)7-12(10)19-6-5-16-3-1-2-4-16/h7-8H,1-6,15H2,(H,17,18).